The number of hydrogen-bond acceptors (Lipinski definition) is 9. The molecule has 3 aromatic carbocycles. The number of methoxy groups -OCH3 is 1. The van der Waals surface area contributed by atoms with Crippen molar-refractivity contribution in [2.45, 2.75) is 11.4 Å². The number of carbonyl (C=O) groups excluding carboxylic acids is 2. The Hall–Kier alpha value is -3.75. The molecule has 196 valence electrons. The average Bonchev–Trinajstić information content (AvgIpc) is 3.14. The van der Waals surface area contributed by atoms with Gasteiger partial charge in [-0.1, -0.05) is 18.2 Å². The smallest absolute Gasteiger partial charge is 0.339 e. The molecule has 3 aromatic rings. The molecular formula is C24H16BrFN2O8S2. The fourth-order valence-corrected chi connectivity index (χ4v) is 5.86. The molecule has 1 aliphatic heterocycles. The number of nitro groups is 1. The number of hydrogen-bond donors (Lipinski definition) is 0. The van der Waals surface area contributed by atoms with Crippen LogP contribution in [0.3, 0.4) is 0 Å². The lowest BCUT2D eigenvalue weighted by Crippen LogP contribution is -2.27. The normalized spacial score (nSPS) is 14.7. The summed E-state index contributed by atoms with van der Waals surface area (Å²) in [6.07, 6.45) is 1.43. The second-order valence-electron chi connectivity index (χ2n) is 7.72. The van der Waals surface area contributed by atoms with Crippen molar-refractivity contribution in [1.82, 2.24) is 4.90 Å². The Morgan fingerprint density at radius 1 is 1.13 bits per heavy atom. The highest BCUT2D eigenvalue weighted by Gasteiger charge is 2.35. The third-order valence-corrected chi connectivity index (χ3v) is 7.90. The fraction of sp³-hybridized carbons (Fsp3) is 0.0833. The summed E-state index contributed by atoms with van der Waals surface area (Å²) in [5.41, 5.74) is 0.538. The highest BCUT2D eigenvalue weighted by Crippen LogP contribution is 2.40. The number of non-ortho nitro benzene ring substituents is 1. The first-order valence-electron chi connectivity index (χ1n) is 10.5. The van der Waals surface area contributed by atoms with Gasteiger partial charge < -0.3 is 8.92 Å². The van der Waals surface area contributed by atoms with Crippen LogP contribution in [0.15, 0.2) is 74.9 Å². The maximum absolute atomic E-state index is 13.2. The predicted octanol–water partition coefficient (Wildman–Crippen LogP) is 5.51. The van der Waals surface area contributed by atoms with E-state index in [1.807, 2.05) is 0 Å². The van der Waals surface area contributed by atoms with Crippen molar-refractivity contribution >= 4 is 60.7 Å². The zero-order valence-corrected chi connectivity index (χ0v) is 22.5. The van der Waals surface area contributed by atoms with Crippen LogP contribution in [-0.4, -0.2) is 36.5 Å². The van der Waals surface area contributed by atoms with Crippen LogP contribution >= 0.6 is 27.7 Å². The van der Waals surface area contributed by atoms with E-state index in [0.717, 1.165) is 34.9 Å². The molecule has 0 atom stereocenters. The van der Waals surface area contributed by atoms with E-state index in [-0.39, 0.29) is 27.4 Å². The Morgan fingerprint density at radius 3 is 2.50 bits per heavy atom. The summed E-state index contributed by atoms with van der Waals surface area (Å²) in [6, 6.07) is 12.7. The van der Waals surface area contributed by atoms with Gasteiger partial charge in [0, 0.05) is 12.1 Å². The Balaban J connectivity index is 1.60. The molecule has 0 bridgehead atoms. The van der Waals surface area contributed by atoms with E-state index in [1.165, 1.54) is 55.7 Å². The van der Waals surface area contributed by atoms with Gasteiger partial charge in [-0.3, -0.25) is 24.6 Å². The number of benzene rings is 3. The van der Waals surface area contributed by atoms with Gasteiger partial charge in [0.2, 0.25) is 0 Å². The quantitative estimate of drug-likeness (QED) is 0.138. The fourth-order valence-electron chi connectivity index (χ4n) is 3.37. The van der Waals surface area contributed by atoms with Gasteiger partial charge in [-0.25, -0.2) is 4.39 Å². The molecule has 2 amide bonds. The zero-order valence-electron chi connectivity index (χ0n) is 19.3. The molecule has 4 rings (SSSR count). The van der Waals surface area contributed by atoms with Crippen LogP contribution in [0.1, 0.15) is 11.1 Å². The molecule has 1 heterocycles. The summed E-state index contributed by atoms with van der Waals surface area (Å²) in [5, 5.41) is 10.5. The van der Waals surface area contributed by atoms with Gasteiger partial charge in [-0.05, 0) is 75.2 Å². The monoisotopic (exact) mass is 622 g/mol. The summed E-state index contributed by atoms with van der Waals surface area (Å²) in [7, 11) is -3.21. The topological polar surface area (TPSA) is 133 Å². The van der Waals surface area contributed by atoms with Crippen molar-refractivity contribution in [3.63, 3.8) is 0 Å². The molecule has 1 fully saturated rings. The summed E-state index contributed by atoms with van der Waals surface area (Å²) in [5.74, 6) is -1.23. The van der Waals surface area contributed by atoms with Gasteiger partial charge in [0.25, 0.3) is 16.8 Å². The summed E-state index contributed by atoms with van der Waals surface area (Å²) >= 11 is 3.95. The minimum Gasteiger partial charge on any atom is -0.493 e. The molecule has 10 nitrogen and oxygen atoms in total. The van der Waals surface area contributed by atoms with Crippen molar-refractivity contribution in [3.8, 4) is 11.5 Å². The van der Waals surface area contributed by atoms with E-state index in [1.54, 1.807) is 0 Å². The third-order valence-electron chi connectivity index (χ3n) is 5.19. The Kier molecular flexibility index (Phi) is 7.85. The zero-order chi connectivity index (χ0) is 27.6. The van der Waals surface area contributed by atoms with Crippen LogP contribution in [0.5, 0.6) is 11.5 Å². The number of amides is 2. The van der Waals surface area contributed by atoms with Crippen molar-refractivity contribution in [1.29, 1.82) is 0 Å². The Bertz CT molecular complexity index is 1590. The third kappa shape index (κ3) is 5.87. The number of nitrogens with zero attached hydrogens (tertiary/aromatic N) is 2. The molecule has 38 heavy (non-hydrogen) atoms. The summed E-state index contributed by atoms with van der Waals surface area (Å²) in [4.78, 5) is 36.3. The van der Waals surface area contributed by atoms with E-state index < -0.39 is 42.6 Å². The molecule has 0 unspecified atom stereocenters. The molecular weight excluding hydrogens is 607 g/mol. The number of imide groups is 1. The lowest BCUT2D eigenvalue weighted by Gasteiger charge is -2.14. The van der Waals surface area contributed by atoms with E-state index in [4.69, 9.17) is 8.92 Å². The van der Waals surface area contributed by atoms with Gasteiger partial charge >= 0.3 is 10.1 Å². The van der Waals surface area contributed by atoms with Gasteiger partial charge in [0.1, 0.15) is 10.7 Å². The van der Waals surface area contributed by atoms with Crippen LogP contribution in [0.4, 0.5) is 14.9 Å². The highest BCUT2D eigenvalue weighted by atomic mass is 79.9. The van der Waals surface area contributed by atoms with E-state index >= 15 is 0 Å². The SMILES string of the molecule is COc1cc(/C=C2\SC(=O)N(Cc3ccc(F)cc3)C2=O)cc(Br)c1OS(=O)(=O)c1cccc([N+](=O)[O-])c1. The van der Waals surface area contributed by atoms with E-state index in [9.17, 15) is 32.5 Å². The van der Waals surface area contributed by atoms with Crippen molar-refractivity contribution in [2.75, 3.05) is 7.11 Å². The second kappa shape index (κ2) is 10.9. The van der Waals surface area contributed by atoms with E-state index in [2.05, 4.69) is 15.9 Å². The summed E-state index contributed by atoms with van der Waals surface area (Å²) < 4.78 is 49.4. The number of halogens is 2. The number of nitro benzene ring substituents is 1. The maximum atomic E-state index is 13.2. The number of carbonyl (C=O) groups is 2. The van der Waals surface area contributed by atoms with Crippen LogP contribution < -0.4 is 8.92 Å². The Labute approximate surface area is 228 Å². The maximum Gasteiger partial charge on any atom is 0.339 e. The average molecular weight is 623 g/mol. The van der Waals surface area contributed by atoms with E-state index in [0.29, 0.717) is 11.1 Å². The lowest BCUT2D eigenvalue weighted by atomic mass is 10.1. The number of thioether (sulfide) groups is 1. The summed E-state index contributed by atoms with van der Waals surface area (Å²) in [6.45, 7) is -0.0302. The molecule has 1 saturated heterocycles. The largest absolute Gasteiger partial charge is 0.493 e. The van der Waals surface area contributed by atoms with Crippen LogP contribution in [-0.2, 0) is 21.5 Å². The van der Waals surface area contributed by atoms with Crippen molar-refractivity contribution < 1.29 is 36.2 Å². The van der Waals surface area contributed by atoms with Crippen molar-refractivity contribution in [3.05, 3.63) is 97.1 Å². The number of rotatable bonds is 8. The molecule has 1 aliphatic rings. The first-order valence-corrected chi connectivity index (χ1v) is 13.6. The standard InChI is InChI=1S/C24H16BrFN2O8S2/c1-35-20-10-15(11-21-23(29)27(24(30)37-21)13-14-5-7-16(26)8-6-14)9-19(25)22(20)36-38(33,34)18-4-2-3-17(12-18)28(31)32/h2-12H,13H2,1H3/b21-11-. The van der Waals surface area contributed by atoms with Gasteiger partial charge in [-0.2, -0.15) is 8.42 Å². The van der Waals surface area contributed by atoms with Gasteiger partial charge in [0.15, 0.2) is 11.5 Å². The molecule has 0 saturated carbocycles. The second-order valence-corrected chi connectivity index (χ2v) is 11.1. The molecule has 0 N–H and O–H groups in total. The van der Waals surface area contributed by atoms with Crippen LogP contribution in [0, 0.1) is 15.9 Å². The molecule has 0 spiro atoms. The first kappa shape index (κ1) is 27.3. The van der Waals surface area contributed by atoms with Crippen molar-refractivity contribution in [2.24, 2.45) is 0 Å². The van der Waals surface area contributed by atoms with Gasteiger partial charge in [0.05, 0.1) is 28.0 Å². The highest BCUT2D eigenvalue weighted by molar-refractivity contribution is 9.10. The van der Waals surface area contributed by atoms with Crippen LogP contribution in [0.2, 0.25) is 0 Å². The molecule has 14 heteroatoms. The molecule has 0 aliphatic carbocycles. The first-order chi connectivity index (χ1) is 18.0. The predicted molar refractivity (Wildman–Crippen MR) is 140 cm³/mol. The Morgan fingerprint density at radius 2 is 1.84 bits per heavy atom. The minimum absolute atomic E-state index is 0.0230. The molecule has 0 aromatic heterocycles. The molecule has 0 radical (unpaired) electrons. The minimum atomic E-state index is -4.48. The number of ether oxygens (including phenoxy) is 1. The van der Waals surface area contributed by atoms with Gasteiger partial charge in [-0.15, -0.1) is 0 Å². The lowest BCUT2D eigenvalue weighted by molar-refractivity contribution is -0.385. The van der Waals surface area contributed by atoms with Crippen LogP contribution in [0.25, 0.3) is 6.08 Å².